The van der Waals surface area contributed by atoms with Gasteiger partial charge in [0.15, 0.2) is 0 Å². The first-order valence-electron chi connectivity index (χ1n) is 6.39. The largest absolute Gasteiger partial charge is 0.489 e. The number of carbonyl (C=O) groups is 1. The lowest BCUT2D eigenvalue weighted by atomic mass is 10.1. The van der Waals surface area contributed by atoms with E-state index >= 15 is 0 Å². The number of allylic oxidation sites excluding steroid dienone is 1. The quantitative estimate of drug-likeness (QED) is 0.546. The second-order valence-corrected chi connectivity index (χ2v) is 5.33. The van der Waals surface area contributed by atoms with Gasteiger partial charge >= 0.3 is 0 Å². The Bertz CT molecular complexity index is 666. The normalized spacial score (nSPS) is 10.2. The Labute approximate surface area is 134 Å². The topological polar surface area (TPSA) is 26.3 Å². The van der Waals surface area contributed by atoms with Crippen molar-refractivity contribution in [1.82, 2.24) is 0 Å². The molecule has 108 valence electrons. The molecule has 0 fully saturated rings. The number of rotatable bonds is 6. The summed E-state index contributed by atoms with van der Waals surface area (Å²) in [6, 6.07) is 10.7. The van der Waals surface area contributed by atoms with Crippen molar-refractivity contribution in [2.75, 3.05) is 0 Å². The summed E-state index contributed by atoms with van der Waals surface area (Å²) in [5.74, 6) is 0.728. The molecule has 2 rings (SSSR count). The first kappa shape index (κ1) is 15.6. The SMILES string of the molecule is C=CCc1cc(C=O)ccc1OCc1ccc(Cl)c(Cl)c1. The first-order chi connectivity index (χ1) is 10.1. The number of hydrogen-bond acceptors (Lipinski definition) is 2. The third-order valence-electron chi connectivity index (χ3n) is 2.96. The maximum Gasteiger partial charge on any atom is 0.150 e. The second kappa shape index (κ2) is 7.30. The van der Waals surface area contributed by atoms with Crippen LogP contribution in [0.2, 0.25) is 10.0 Å². The Balaban J connectivity index is 2.16. The Morgan fingerprint density at radius 2 is 1.90 bits per heavy atom. The van der Waals surface area contributed by atoms with Gasteiger partial charge in [-0.3, -0.25) is 4.79 Å². The van der Waals surface area contributed by atoms with E-state index in [1.807, 2.05) is 6.07 Å². The summed E-state index contributed by atoms with van der Waals surface area (Å²) in [4.78, 5) is 10.8. The Morgan fingerprint density at radius 3 is 2.57 bits per heavy atom. The fraction of sp³-hybridized carbons (Fsp3) is 0.118. The lowest BCUT2D eigenvalue weighted by Crippen LogP contribution is -1.99. The van der Waals surface area contributed by atoms with Crippen LogP contribution in [0.25, 0.3) is 0 Å². The molecular formula is C17H14Cl2O2. The molecule has 0 N–H and O–H groups in total. The van der Waals surface area contributed by atoms with Crippen molar-refractivity contribution in [2.45, 2.75) is 13.0 Å². The highest BCUT2D eigenvalue weighted by molar-refractivity contribution is 6.42. The molecule has 0 heterocycles. The maximum absolute atomic E-state index is 10.8. The number of hydrogen-bond donors (Lipinski definition) is 0. The van der Waals surface area contributed by atoms with Gasteiger partial charge in [0.2, 0.25) is 0 Å². The molecule has 0 bridgehead atoms. The summed E-state index contributed by atoms with van der Waals surface area (Å²) in [5.41, 5.74) is 2.47. The monoisotopic (exact) mass is 320 g/mol. The highest BCUT2D eigenvalue weighted by Gasteiger charge is 2.06. The molecule has 4 heteroatoms. The smallest absolute Gasteiger partial charge is 0.150 e. The van der Waals surface area contributed by atoms with E-state index in [1.165, 1.54) is 0 Å². The average Bonchev–Trinajstić information content (AvgIpc) is 2.49. The number of carbonyl (C=O) groups excluding carboxylic acids is 1. The minimum atomic E-state index is 0.376. The van der Waals surface area contributed by atoms with Gasteiger partial charge in [-0.1, -0.05) is 35.3 Å². The molecule has 2 aromatic rings. The van der Waals surface area contributed by atoms with Crippen LogP contribution in [-0.4, -0.2) is 6.29 Å². The van der Waals surface area contributed by atoms with Gasteiger partial charge in [0.05, 0.1) is 10.0 Å². The average molecular weight is 321 g/mol. The van der Waals surface area contributed by atoms with Gasteiger partial charge in [0, 0.05) is 5.56 Å². The van der Waals surface area contributed by atoms with Gasteiger partial charge < -0.3 is 4.74 Å². The lowest BCUT2D eigenvalue weighted by molar-refractivity contribution is 0.112. The zero-order chi connectivity index (χ0) is 15.2. The molecule has 0 saturated heterocycles. The van der Waals surface area contributed by atoms with E-state index in [-0.39, 0.29) is 0 Å². The lowest BCUT2D eigenvalue weighted by Gasteiger charge is -2.11. The summed E-state index contributed by atoms with van der Waals surface area (Å²) in [6.07, 6.45) is 3.23. The molecule has 0 amide bonds. The molecule has 2 aromatic carbocycles. The van der Waals surface area contributed by atoms with Crippen molar-refractivity contribution >= 4 is 29.5 Å². The van der Waals surface area contributed by atoms with Crippen LogP contribution in [0.1, 0.15) is 21.5 Å². The molecule has 0 saturated carbocycles. The Kier molecular flexibility index (Phi) is 5.43. The van der Waals surface area contributed by atoms with Crippen molar-refractivity contribution in [2.24, 2.45) is 0 Å². The number of ether oxygens (including phenoxy) is 1. The maximum atomic E-state index is 10.8. The van der Waals surface area contributed by atoms with Crippen molar-refractivity contribution in [3.63, 3.8) is 0 Å². The molecule has 0 aromatic heterocycles. The van der Waals surface area contributed by atoms with E-state index in [0.29, 0.717) is 28.6 Å². The van der Waals surface area contributed by atoms with Crippen LogP contribution in [-0.2, 0) is 13.0 Å². The molecule has 0 atom stereocenters. The van der Waals surface area contributed by atoms with Crippen LogP contribution in [0.3, 0.4) is 0 Å². The minimum absolute atomic E-state index is 0.376. The molecule has 21 heavy (non-hydrogen) atoms. The molecule has 0 aliphatic heterocycles. The number of halogens is 2. The molecule has 0 spiro atoms. The van der Waals surface area contributed by atoms with Crippen molar-refractivity contribution in [1.29, 1.82) is 0 Å². The second-order valence-electron chi connectivity index (χ2n) is 4.51. The van der Waals surface area contributed by atoms with Crippen LogP contribution in [0, 0.1) is 0 Å². The third-order valence-corrected chi connectivity index (χ3v) is 3.70. The third kappa shape index (κ3) is 4.10. The molecule has 0 aliphatic carbocycles. The van der Waals surface area contributed by atoms with Gasteiger partial charge in [0.1, 0.15) is 18.6 Å². The number of aldehydes is 1. The van der Waals surface area contributed by atoms with Crippen molar-refractivity contribution in [3.05, 3.63) is 75.8 Å². The van der Waals surface area contributed by atoms with Gasteiger partial charge in [-0.25, -0.2) is 0 Å². The van der Waals surface area contributed by atoms with Gasteiger partial charge in [-0.15, -0.1) is 6.58 Å². The Hall–Kier alpha value is -1.77. The zero-order valence-corrected chi connectivity index (χ0v) is 12.8. The fourth-order valence-corrected chi connectivity index (χ4v) is 2.24. The highest BCUT2D eigenvalue weighted by atomic mass is 35.5. The van der Waals surface area contributed by atoms with Gasteiger partial charge in [-0.05, 0) is 47.9 Å². The molecular weight excluding hydrogens is 307 g/mol. The van der Waals surface area contributed by atoms with E-state index in [1.54, 1.807) is 36.4 Å². The van der Waals surface area contributed by atoms with Crippen LogP contribution >= 0.6 is 23.2 Å². The van der Waals surface area contributed by atoms with Gasteiger partial charge in [0.25, 0.3) is 0 Å². The highest BCUT2D eigenvalue weighted by Crippen LogP contribution is 2.25. The zero-order valence-electron chi connectivity index (χ0n) is 11.3. The summed E-state index contributed by atoms with van der Waals surface area (Å²) in [6.45, 7) is 4.09. The fourth-order valence-electron chi connectivity index (χ4n) is 1.92. The van der Waals surface area contributed by atoms with Crippen molar-refractivity contribution in [3.8, 4) is 5.75 Å². The molecule has 0 aliphatic rings. The van der Waals surface area contributed by atoms with E-state index < -0.39 is 0 Å². The van der Waals surface area contributed by atoms with Crippen LogP contribution in [0.5, 0.6) is 5.75 Å². The minimum Gasteiger partial charge on any atom is -0.489 e. The summed E-state index contributed by atoms with van der Waals surface area (Å²) >= 11 is 11.9. The van der Waals surface area contributed by atoms with Crippen LogP contribution < -0.4 is 4.74 Å². The molecule has 2 nitrogen and oxygen atoms in total. The van der Waals surface area contributed by atoms with Crippen LogP contribution in [0.15, 0.2) is 49.1 Å². The van der Waals surface area contributed by atoms with Gasteiger partial charge in [-0.2, -0.15) is 0 Å². The number of benzene rings is 2. The summed E-state index contributed by atoms with van der Waals surface area (Å²) in [7, 11) is 0. The van der Waals surface area contributed by atoms with E-state index in [9.17, 15) is 4.79 Å². The first-order valence-corrected chi connectivity index (χ1v) is 7.15. The van der Waals surface area contributed by atoms with E-state index in [0.717, 1.165) is 23.2 Å². The molecule has 0 radical (unpaired) electrons. The van der Waals surface area contributed by atoms with E-state index in [2.05, 4.69) is 6.58 Å². The summed E-state index contributed by atoms with van der Waals surface area (Å²) < 4.78 is 5.80. The molecule has 0 unspecified atom stereocenters. The predicted octanol–water partition coefficient (Wildman–Crippen LogP) is 5.11. The van der Waals surface area contributed by atoms with E-state index in [4.69, 9.17) is 27.9 Å². The van der Waals surface area contributed by atoms with Crippen LogP contribution in [0.4, 0.5) is 0 Å². The Morgan fingerprint density at radius 1 is 1.10 bits per heavy atom. The summed E-state index contributed by atoms with van der Waals surface area (Å²) in [5, 5.41) is 1.02. The predicted molar refractivity (Wildman–Crippen MR) is 86.5 cm³/mol. The van der Waals surface area contributed by atoms with Crippen molar-refractivity contribution < 1.29 is 9.53 Å². The standard InChI is InChI=1S/C17H14Cl2O2/c1-2-3-14-8-12(10-20)5-7-17(14)21-11-13-4-6-15(18)16(19)9-13/h2,4-10H,1,3,11H2.